The summed E-state index contributed by atoms with van der Waals surface area (Å²) < 4.78 is 1.15. The van der Waals surface area contributed by atoms with E-state index >= 15 is 0 Å². The second kappa shape index (κ2) is 7.82. The normalized spacial score (nSPS) is 10.7. The van der Waals surface area contributed by atoms with Crippen LogP contribution in [-0.4, -0.2) is 19.6 Å². The Morgan fingerprint density at radius 3 is 2.56 bits per heavy atom. The minimum Gasteiger partial charge on any atom is -0.315 e. The molecule has 0 atom stereocenters. The van der Waals surface area contributed by atoms with Gasteiger partial charge >= 0.3 is 0 Å². The van der Waals surface area contributed by atoms with Gasteiger partial charge < -0.3 is 10.6 Å². The number of hydrogen-bond acceptors (Lipinski definition) is 2. The Balaban J connectivity index is 2.21. The van der Waals surface area contributed by atoms with Gasteiger partial charge in [0.05, 0.1) is 0 Å². The van der Waals surface area contributed by atoms with Crippen molar-refractivity contribution in [2.24, 2.45) is 0 Å². The first-order valence-electron chi connectivity index (χ1n) is 5.90. The molecule has 90 valence electrons. The molecule has 2 nitrogen and oxygen atoms in total. The van der Waals surface area contributed by atoms with Crippen LogP contribution in [0, 0.1) is 6.92 Å². The van der Waals surface area contributed by atoms with Crippen LogP contribution in [0.15, 0.2) is 22.7 Å². The average molecular weight is 285 g/mol. The summed E-state index contributed by atoms with van der Waals surface area (Å²) in [4.78, 5) is 0. The Morgan fingerprint density at radius 2 is 1.88 bits per heavy atom. The van der Waals surface area contributed by atoms with E-state index in [2.05, 4.69) is 58.6 Å². The summed E-state index contributed by atoms with van der Waals surface area (Å²) in [6.45, 7) is 8.47. The molecule has 0 bridgehead atoms. The van der Waals surface area contributed by atoms with Crippen molar-refractivity contribution in [3.8, 4) is 0 Å². The third kappa shape index (κ3) is 5.10. The topological polar surface area (TPSA) is 24.1 Å². The van der Waals surface area contributed by atoms with Gasteiger partial charge in [-0.3, -0.25) is 0 Å². The van der Waals surface area contributed by atoms with Crippen molar-refractivity contribution in [1.82, 2.24) is 10.6 Å². The summed E-state index contributed by atoms with van der Waals surface area (Å²) in [6.07, 6.45) is 1.20. The van der Waals surface area contributed by atoms with Crippen LogP contribution in [0.25, 0.3) is 0 Å². The Bertz CT molecular complexity index is 313. The third-order valence-corrected chi connectivity index (χ3v) is 3.02. The van der Waals surface area contributed by atoms with E-state index in [4.69, 9.17) is 0 Å². The SMILES string of the molecule is CCCNCCNCc1ccc(Br)cc1C. The van der Waals surface area contributed by atoms with Gasteiger partial charge in [0.2, 0.25) is 0 Å². The molecule has 0 unspecified atom stereocenters. The molecule has 16 heavy (non-hydrogen) atoms. The highest BCUT2D eigenvalue weighted by atomic mass is 79.9. The van der Waals surface area contributed by atoms with Crippen molar-refractivity contribution >= 4 is 15.9 Å². The zero-order chi connectivity index (χ0) is 11.8. The van der Waals surface area contributed by atoms with Gasteiger partial charge in [-0.1, -0.05) is 28.9 Å². The third-order valence-electron chi connectivity index (χ3n) is 2.53. The molecule has 0 radical (unpaired) electrons. The fourth-order valence-corrected chi connectivity index (χ4v) is 2.03. The summed E-state index contributed by atoms with van der Waals surface area (Å²) in [6, 6.07) is 6.43. The zero-order valence-corrected chi connectivity index (χ0v) is 11.7. The Morgan fingerprint density at radius 1 is 1.12 bits per heavy atom. The molecule has 1 aromatic carbocycles. The Hall–Kier alpha value is -0.380. The van der Waals surface area contributed by atoms with Crippen LogP contribution in [0.3, 0.4) is 0 Å². The van der Waals surface area contributed by atoms with Gasteiger partial charge in [0.1, 0.15) is 0 Å². The van der Waals surface area contributed by atoms with E-state index in [0.717, 1.165) is 30.7 Å². The van der Waals surface area contributed by atoms with Crippen LogP contribution in [0.2, 0.25) is 0 Å². The minimum atomic E-state index is 0.951. The molecule has 0 saturated heterocycles. The number of benzene rings is 1. The lowest BCUT2D eigenvalue weighted by atomic mass is 10.1. The molecule has 0 spiro atoms. The molecule has 0 aliphatic carbocycles. The molecule has 3 heteroatoms. The van der Waals surface area contributed by atoms with E-state index in [1.54, 1.807) is 0 Å². The fourth-order valence-electron chi connectivity index (χ4n) is 1.56. The van der Waals surface area contributed by atoms with Crippen molar-refractivity contribution in [1.29, 1.82) is 0 Å². The minimum absolute atomic E-state index is 0.951. The van der Waals surface area contributed by atoms with E-state index in [-0.39, 0.29) is 0 Å². The Kier molecular flexibility index (Phi) is 6.69. The maximum absolute atomic E-state index is 3.48. The predicted octanol–water partition coefficient (Wildman–Crippen LogP) is 2.85. The van der Waals surface area contributed by atoms with Gasteiger partial charge in [-0.25, -0.2) is 0 Å². The zero-order valence-electron chi connectivity index (χ0n) is 10.1. The lowest BCUT2D eigenvalue weighted by molar-refractivity contribution is 0.606. The number of hydrogen-bond donors (Lipinski definition) is 2. The van der Waals surface area contributed by atoms with Crippen LogP contribution < -0.4 is 10.6 Å². The van der Waals surface area contributed by atoms with Gasteiger partial charge in [-0.2, -0.15) is 0 Å². The van der Waals surface area contributed by atoms with E-state index < -0.39 is 0 Å². The fraction of sp³-hybridized carbons (Fsp3) is 0.538. The highest BCUT2D eigenvalue weighted by molar-refractivity contribution is 9.10. The molecule has 0 aliphatic rings. The van der Waals surface area contributed by atoms with E-state index in [1.807, 2.05) is 0 Å². The molecule has 0 amide bonds. The van der Waals surface area contributed by atoms with Crippen molar-refractivity contribution in [3.05, 3.63) is 33.8 Å². The van der Waals surface area contributed by atoms with Gasteiger partial charge in [-0.15, -0.1) is 0 Å². The summed E-state index contributed by atoms with van der Waals surface area (Å²) >= 11 is 3.48. The first-order chi connectivity index (χ1) is 7.74. The monoisotopic (exact) mass is 284 g/mol. The van der Waals surface area contributed by atoms with Crippen molar-refractivity contribution in [3.63, 3.8) is 0 Å². The molecule has 0 fully saturated rings. The molecule has 0 heterocycles. The van der Waals surface area contributed by atoms with Crippen LogP contribution in [-0.2, 0) is 6.54 Å². The van der Waals surface area contributed by atoms with Gasteiger partial charge in [-0.05, 0) is 43.1 Å². The van der Waals surface area contributed by atoms with Crippen molar-refractivity contribution in [2.45, 2.75) is 26.8 Å². The van der Waals surface area contributed by atoms with Gasteiger partial charge in [0.15, 0.2) is 0 Å². The standard InChI is InChI=1S/C13H21BrN2/c1-3-6-15-7-8-16-10-12-4-5-13(14)9-11(12)2/h4-5,9,15-16H,3,6-8,10H2,1-2H3. The van der Waals surface area contributed by atoms with E-state index in [1.165, 1.54) is 17.5 Å². The second-order valence-corrected chi connectivity index (χ2v) is 4.91. The number of aryl methyl sites for hydroxylation is 1. The molecule has 0 aromatic heterocycles. The predicted molar refractivity (Wildman–Crippen MR) is 73.7 cm³/mol. The quantitative estimate of drug-likeness (QED) is 0.753. The number of halogens is 1. The summed E-state index contributed by atoms with van der Waals surface area (Å²) in [7, 11) is 0. The average Bonchev–Trinajstić information content (AvgIpc) is 2.26. The molecular formula is C13H21BrN2. The maximum atomic E-state index is 3.48. The van der Waals surface area contributed by atoms with E-state index in [9.17, 15) is 0 Å². The largest absolute Gasteiger partial charge is 0.315 e. The highest BCUT2D eigenvalue weighted by Crippen LogP contribution is 2.15. The van der Waals surface area contributed by atoms with Crippen LogP contribution in [0.4, 0.5) is 0 Å². The first-order valence-corrected chi connectivity index (χ1v) is 6.69. The molecule has 0 saturated carbocycles. The molecule has 1 aromatic rings. The Labute approximate surface area is 107 Å². The summed E-state index contributed by atoms with van der Waals surface area (Å²) in [5.74, 6) is 0. The highest BCUT2D eigenvalue weighted by Gasteiger charge is 1.98. The van der Waals surface area contributed by atoms with Crippen molar-refractivity contribution < 1.29 is 0 Å². The number of rotatable bonds is 7. The number of nitrogens with one attached hydrogen (secondary N) is 2. The first kappa shape index (κ1) is 13.7. The lowest BCUT2D eigenvalue weighted by Crippen LogP contribution is -2.27. The summed E-state index contributed by atoms with van der Waals surface area (Å²) in [5, 5.41) is 6.82. The second-order valence-electron chi connectivity index (χ2n) is 4.00. The maximum Gasteiger partial charge on any atom is 0.0208 e. The summed E-state index contributed by atoms with van der Waals surface area (Å²) in [5.41, 5.74) is 2.71. The molecule has 1 rings (SSSR count). The lowest BCUT2D eigenvalue weighted by Gasteiger charge is -2.08. The molecule has 2 N–H and O–H groups in total. The van der Waals surface area contributed by atoms with Crippen LogP contribution >= 0.6 is 15.9 Å². The van der Waals surface area contributed by atoms with E-state index in [0.29, 0.717) is 0 Å². The van der Waals surface area contributed by atoms with Crippen molar-refractivity contribution in [2.75, 3.05) is 19.6 Å². The molecule has 0 aliphatic heterocycles. The van der Waals surface area contributed by atoms with Crippen LogP contribution in [0.1, 0.15) is 24.5 Å². The van der Waals surface area contributed by atoms with Crippen LogP contribution in [0.5, 0.6) is 0 Å². The van der Waals surface area contributed by atoms with Gasteiger partial charge in [0, 0.05) is 24.1 Å². The smallest absolute Gasteiger partial charge is 0.0208 e. The van der Waals surface area contributed by atoms with Gasteiger partial charge in [0.25, 0.3) is 0 Å². The molecular weight excluding hydrogens is 264 g/mol.